The molecule has 0 N–H and O–H groups in total. The van der Waals surface area contributed by atoms with E-state index in [1.807, 2.05) is 48.5 Å². The molecular formula is C33H21ClN2O6. The molecule has 3 aliphatic rings. The Bertz CT molecular complexity index is 2020. The van der Waals surface area contributed by atoms with Crippen molar-refractivity contribution in [1.29, 1.82) is 0 Å². The third-order valence-electron chi connectivity index (χ3n) is 8.16. The molecule has 206 valence electrons. The molecule has 42 heavy (non-hydrogen) atoms. The molecule has 0 bridgehead atoms. The Kier molecular flexibility index (Phi) is 5.27. The number of para-hydroxylation sites is 1. The number of amides is 2. The zero-order valence-electron chi connectivity index (χ0n) is 22.0. The van der Waals surface area contributed by atoms with Gasteiger partial charge < -0.3 is 23.7 Å². The summed E-state index contributed by atoms with van der Waals surface area (Å²) >= 11 is 6.27. The van der Waals surface area contributed by atoms with Gasteiger partial charge >= 0.3 is 0 Å². The Balaban J connectivity index is 1.39. The van der Waals surface area contributed by atoms with E-state index in [1.165, 1.54) is 11.0 Å². The first-order chi connectivity index (χ1) is 20.5. The molecule has 5 aromatic rings. The zero-order chi connectivity index (χ0) is 28.6. The van der Waals surface area contributed by atoms with Gasteiger partial charge in [-0.25, -0.2) is 0 Å². The first-order valence-electron chi connectivity index (χ1n) is 13.4. The number of anilines is 1. The van der Waals surface area contributed by atoms with Crippen LogP contribution >= 0.6 is 11.6 Å². The molecule has 2 amide bonds. The molecule has 1 spiro atoms. The molecule has 1 atom stereocenters. The van der Waals surface area contributed by atoms with E-state index in [0.29, 0.717) is 33.3 Å². The maximum absolute atomic E-state index is 14.9. The smallest absolute Gasteiger partial charge is 0.291 e. The average Bonchev–Trinajstić information content (AvgIpc) is 3.64. The van der Waals surface area contributed by atoms with Gasteiger partial charge in [0.2, 0.25) is 12.6 Å². The van der Waals surface area contributed by atoms with E-state index >= 15 is 0 Å². The van der Waals surface area contributed by atoms with E-state index in [-0.39, 0.29) is 42.2 Å². The second kappa shape index (κ2) is 8.96. The van der Waals surface area contributed by atoms with Crippen molar-refractivity contribution in [3.63, 3.8) is 0 Å². The predicted molar refractivity (Wildman–Crippen MR) is 155 cm³/mol. The molecular weight excluding hydrogens is 556 g/mol. The number of carbonyl (C=O) groups is 2. The maximum Gasteiger partial charge on any atom is 0.291 e. The van der Waals surface area contributed by atoms with Crippen LogP contribution in [0.2, 0.25) is 5.02 Å². The van der Waals surface area contributed by atoms with Crippen LogP contribution in [0.25, 0.3) is 11.0 Å². The molecule has 3 aliphatic heterocycles. The Morgan fingerprint density at radius 2 is 1.57 bits per heavy atom. The predicted octanol–water partition coefficient (Wildman–Crippen LogP) is 5.62. The lowest BCUT2D eigenvalue weighted by molar-refractivity contribution is -0.126. The van der Waals surface area contributed by atoms with Gasteiger partial charge in [-0.2, -0.15) is 0 Å². The topological polar surface area (TPSA) is 89.3 Å². The van der Waals surface area contributed by atoms with E-state index in [9.17, 15) is 14.4 Å². The summed E-state index contributed by atoms with van der Waals surface area (Å²) in [5.74, 6) is 0.0284. The van der Waals surface area contributed by atoms with E-state index in [0.717, 1.165) is 5.56 Å². The summed E-state index contributed by atoms with van der Waals surface area (Å²) in [5, 5.41) is 0.541. The summed E-state index contributed by atoms with van der Waals surface area (Å²) < 4.78 is 17.2. The molecule has 4 aromatic carbocycles. The van der Waals surface area contributed by atoms with Crippen molar-refractivity contribution in [3.05, 3.63) is 134 Å². The van der Waals surface area contributed by atoms with Crippen LogP contribution in [0, 0.1) is 0 Å². The van der Waals surface area contributed by atoms with Crippen molar-refractivity contribution in [2.45, 2.75) is 18.6 Å². The largest absolute Gasteiger partial charge is 0.454 e. The minimum atomic E-state index is -1.76. The Morgan fingerprint density at radius 3 is 2.43 bits per heavy atom. The lowest BCUT2D eigenvalue weighted by Crippen LogP contribution is -2.52. The average molecular weight is 577 g/mol. The van der Waals surface area contributed by atoms with Crippen molar-refractivity contribution < 1.29 is 23.5 Å². The van der Waals surface area contributed by atoms with Crippen LogP contribution in [-0.2, 0) is 23.4 Å². The van der Waals surface area contributed by atoms with Gasteiger partial charge in [-0.15, -0.1) is 0 Å². The van der Waals surface area contributed by atoms with Crippen LogP contribution in [0.5, 0.6) is 11.5 Å². The Morgan fingerprint density at radius 1 is 0.786 bits per heavy atom. The SMILES string of the molecule is O=C1c2oc3ccc(Cl)cc3c(=O)c2C2(C(=O)N(Cc3ccccc3)c3ccccc32)N1Cc1ccc2c(c1)OCO2. The number of hydrogen-bond acceptors (Lipinski definition) is 6. The number of halogens is 1. The number of benzene rings is 4. The van der Waals surface area contributed by atoms with Gasteiger partial charge in [-0.3, -0.25) is 14.4 Å². The van der Waals surface area contributed by atoms with Gasteiger partial charge in [0.15, 0.2) is 22.5 Å². The van der Waals surface area contributed by atoms with Gasteiger partial charge in [-0.05, 0) is 47.5 Å². The number of nitrogens with zero attached hydrogens (tertiary/aromatic N) is 2. The Hall–Kier alpha value is -5.08. The number of ether oxygens (including phenoxy) is 2. The fourth-order valence-electron chi connectivity index (χ4n) is 6.33. The highest BCUT2D eigenvalue weighted by atomic mass is 35.5. The van der Waals surface area contributed by atoms with E-state index in [1.54, 1.807) is 41.3 Å². The normalized spacial score (nSPS) is 18.3. The number of hydrogen-bond donors (Lipinski definition) is 0. The van der Waals surface area contributed by atoms with Gasteiger partial charge in [0.1, 0.15) is 5.58 Å². The molecule has 1 unspecified atom stereocenters. The van der Waals surface area contributed by atoms with E-state index in [4.69, 9.17) is 25.5 Å². The number of fused-ring (bicyclic) bond motifs is 6. The second-order valence-electron chi connectivity index (χ2n) is 10.5. The van der Waals surface area contributed by atoms with Crippen LogP contribution < -0.4 is 19.8 Å². The van der Waals surface area contributed by atoms with Crippen molar-refractivity contribution in [2.24, 2.45) is 0 Å². The lowest BCUT2D eigenvalue weighted by atomic mass is 9.83. The van der Waals surface area contributed by atoms with E-state index < -0.39 is 22.8 Å². The minimum Gasteiger partial charge on any atom is -0.454 e. The summed E-state index contributed by atoms with van der Waals surface area (Å²) in [6.45, 7) is 0.366. The quantitative estimate of drug-likeness (QED) is 0.276. The maximum atomic E-state index is 14.9. The third-order valence-corrected chi connectivity index (χ3v) is 8.39. The van der Waals surface area contributed by atoms with E-state index in [2.05, 4.69) is 0 Å². The van der Waals surface area contributed by atoms with Crippen molar-refractivity contribution in [1.82, 2.24) is 4.90 Å². The molecule has 4 heterocycles. The summed E-state index contributed by atoms with van der Waals surface area (Å²) in [6, 6.07) is 26.9. The first kappa shape index (κ1) is 24.7. The summed E-state index contributed by atoms with van der Waals surface area (Å²) in [4.78, 5) is 46.7. The highest BCUT2D eigenvalue weighted by Gasteiger charge is 2.65. The number of rotatable bonds is 4. The Labute approximate surface area is 244 Å². The molecule has 0 saturated heterocycles. The van der Waals surface area contributed by atoms with Crippen molar-refractivity contribution in [3.8, 4) is 11.5 Å². The fourth-order valence-corrected chi connectivity index (χ4v) is 6.50. The minimum absolute atomic E-state index is 0.00368. The van der Waals surface area contributed by atoms with Crippen LogP contribution in [-0.4, -0.2) is 23.5 Å². The highest BCUT2D eigenvalue weighted by Crippen LogP contribution is 2.53. The van der Waals surface area contributed by atoms with Crippen LogP contribution in [0.3, 0.4) is 0 Å². The van der Waals surface area contributed by atoms with Crippen LogP contribution in [0.4, 0.5) is 5.69 Å². The standard InChI is InChI=1S/C33H21ClN2O6/c34-21-11-13-25-22(15-21)29(37)28-30(42-25)31(38)36(17-20-10-12-26-27(14-20)41-18-40-26)33(28)23-8-4-5-9-24(23)35(32(33)39)16-19-6-2-1-3-7-19/h1-15H,16-18H2. The van der Waals surface area contributed by atoms with Crippen LogP contribution in [0.1, 0.15) is 32.8 Å². The lowest BCUT2D eigenvalue weighted by Gasteiger charge is -2.34. The zero-order valence-corrected chi connectivity index (χ0v) is 22.8. The van der Waals surface area contributed by atoms with Gasteiger partial charge in [-0.1, -0.05) is 66.2 Å². The monoisotopic (exact) mass is 576 g/mol. The van der Waals surface area contributed by atoms with Gasteiger partial charge in [0.05, 0.1) is 23.2 Å². The fraction of sp³-hybridized carbons (Fsp3) is 0.121. The van der Waals surface area contributed by atoms with Gasteiger partial charge in [0.25, 0.3) is 11.8 Å². The molecule has 0 fully saturated rings. The molecule has 1 aromatic heterocycles. The molecule has 8 rings (SSSR count). The first-order valence-corrected chi connectivity index (χ1v) is 13.8. The van der Waals surface area contributed by atoms with Crippen molar-refractivity contribution in [2.75, 3.05) is 11.7 Å². The molecule has 8 nitrogen and oxygen atoms in total. The summed E-state index contributed by atoms with van der Waals surface area (Å²) in [6.07, 6.45) is 0. The van der Waals surface area contributed by atoms with Crippen molar-refractivity contribution >= 4 is 40.1 Å². The summed E-state index contributed by atoms with van der Waals surface area (Å²) in [7, 11) is 0. The van der Waals surface area contributed by atoms with Crippen LogP contribution in [0.15, 0.2) is 100 Å². The molecule has 9 heteroatoms. The summed E-state index contributed by atoms with van der Waals surface area (Å²) in [5.41, 5.74) is 0.743. The molecule has 0 saturated carbocycles. The van der Waals surface area contributed by atoms with Gasteiger partial charge in [0, 0.05) is 17.1 Å². The molecule has 0 aliphatic carbocycles. The highest BCUT2D eigenvalue weighted by molar-refractivity contribution is 6.31. The second-order valence-corrected chi connectivity index (χ2v) is 10.9. The third kappa shape index (κ3) is 3.33. The molecule has 0 radical (unpaired) electrons. The number of carbonyl (C=O) groups excluding carboxylic acids is 2.